The molecule has 2 atom stereocenters. The molecule has 2 N–H and O–H groups in total. The van der Waals surface area contributed by atoms with Crippen molar-refractivity contribution in [3.8, 4) is 0 Å². The Labute approximate surface area is 98.2 Å². The molecule has 0 aliphatic carbocycles. The first kappa shape index (κ1) is 13.1. The summed E-state index contributed by atoms with van der Waals surface area (Å²) in [6.45, 7) is 4.83. The number of carbonyl (C=O) groups is 2. The zero-order valence-corrected chi connectivity index (χ0v) is 9.93. The van der Waals surface area contributed by atoms with Gasteiger partial charge in [-0.3, -0.25) is 9.59 Å². The zero-order chi connectivity index (χ0) is 13.0. The highest BCUT2D eigenvalue weighted by Crippen LogP contribution is 2.11. The second-order valence-corrected chi connectivity index (χ2v) is 3.87. The molecule has 1 heterocycles. The molecule has 1 rings (SSSR count). The smallest absolute Gasteiger partial charge is 0.307 e. The number of nitrogens with one attached hydrogen (secondary N) is 1. The summed E-state index contributed by atoms with van der Waals surface area (Å²) in [4.78, 5) is 26.2. The maximum Gasteiger partial charge on any atom is 0.307 e. The molecule has 0 aromatic carbocycles. The molecule has 0 saturated carbocycles. The molecule has 0 aliphatic rings. The van der Waals surface area contributed by atoms with E-state index in [2.05, 4.69) is 15.5 Å². The molecule has 17 heavy (non-hydrogen) atoms. The summed E-state index contributed by atoms with van der Waals surface area (Å²) in [6, 6.07) is 0. The van der Waals surface area contributed by atoms with E-state index in [1.54, 1.807) is 13.8 Å². The predicted molar refractivity (Wildman–Crippen MR) is 56.8 cm³/mol. The van der Waals surface area contributed by atoms with Gasteiger partial charge in [0, 0.05) is 5.92 Å². The Morgan fingerprint density at radius 1 is 1.41 bits per heavy atom. The van der Waals surface area contributed by atoms with E-state index in [4.69, 9.17) is 9.63 Å². The fraction of sp³-hybridized carbons (Fsp3) is 0.600. The summed E-state index contributed by atoms with van der Waals surface area (Å²) in [5.41, 5.74) is 0. The minimum absolute atomic E-state index is 0.107. The number of carbonyl (C=O) groups excluding carboxylic acids is 1. The Morgan fingerprint density at radius 3 is 2.53 bits per heavy atom. The van der Waals surface area contributed by atoms with Crippen molar-refractivity contribution in [1.82, 2.24) is 15.5 Å². The minimum atomic E-state index is -0.999. The highest BCUT2D eigenvalue weighted by atomic mass is 16.5. The van der Waals surface area contributed by atoms with Crippen molar-refractivity contribution in [3.05, 3.63) is 11.7 Å². The van der Waals surface area contributed by atoms with Crippen molar-refractivity contribution in [2.45, 2.75) is 27.3 Å². The van der Waals surface area contributed by atoms with Crippen molar-refractivity contribution in [3.63, 3.8) is 0 Å². The maximum absolute atomic E-state index is 11.6. The van der Waals surface area contributed by atoms with Gasteiger partial charge in [0.15, 0.2) is 5.82 Å². The van der Waals surface area contributed by atoms with Crippen LogP contribution in [0.4, 0.5) is 0 Å². The normalized spacial score (nSPS) is 14.1. The summed E-state index contributed by atoms with van der Waals surface area (Å²) in [5.74, 6) is -1.92. The Kier molecular flexibility index (Phi) is 4.19. The number of carboxylic acids is 1. The van der Waals surface area contributed by atoms with Crippen molar-refractivity contribution in [2.24, 2.45) is 11.8 Å². The van der Waals surface area contributed by atoms with E-state index < -0.39 is 17.8 Å². The Hall–Kier alpha value is -1.92. The molecule has 1 aromatic rings. The average molecular weight is 241 g/mol. The average Bonchev–Trinajstić information content (AvgIpc) is 2.69. The van der Waals surface area contributed by atoms with Crippen molar-refractivity contribution in [2.75, 3.05) is 0 Å². The highest BCUT2D eigenvalue weighted by Gasteiger charge is 2.25. The number of rotatable bonds is 5. The van der Waals surface area contributed by atoms with Crippen LogP contribution in [0.25, 0.3) is 0 Å². The lowest BCUT2D eigenvalue weighted by Crippen LogP contribution is -2.34. The second kappa shape index (κ2) is 5.42. The largest absolute Gasteiger partial charge is 0.481 e. The topological polar surface area (TPSA) is 105 Å². The molecule has 0 spiro atoms. The summed E-state index contributed by atoms with van der Waals surface area (Å²) in [7, 11) is 0. The van der Waals surface area contributed by atoms with E-state index in [0.29, 0.717) is 11.7 Å². The first-order chi connectivity index (χ1) is 7.91. The first-order valence-corrected chi connectivity index (χ1v) is 5.21. The third kappa shape index (κ3) is 3.54. The SMILES string of the molecule is Cc1noc(CNC(=O)C(C)C(C)C(=O)O)n1. The van der Waals surface area contributed by atoms with Crippen LogP contribution in [-0.2, 0) is 16.1 Å². The summed E-state index contributed by atoms with van der Waals surface area (Å²) >= 11 is 0. The molecule has 0 saturated heterocycles. The monoisotopic (exact) mass is 241 g/mol. The Morgan fingerprint density at radius 2 is 2.06 bits per heavy atom. The lowest BCUT2D eigenvalue weighted by molar-refractivity contribution is -0.146. The van der Waals surface area contributed by atoms with Gasteiger partial charge in [-0.05, 0) is 6.92 Å². The van der Waals surface area contributed by atoms with Gasteiger partial charge in [0.05, 0.1) is 12.5 Å². The molecule has 94 valence electrons. The van der Waals surface area contributed by atoms with E-state index in [-0.39, 0.29) is 12.5 Å². The van der Waals surface area contributed by atoms with Crippen molar-refractivity contribution in [1.29, 1.82) is 0 Å². The molecular formula is C10H15N3O4. The van der Waals surface area contributed by atoms with Gasteiger partial charge in [-0.15, -0.1) is 0 Å². The van der Waals surface area contributed by atoms with Crippen LogP contribution in [0, 0.1) is 18.8 Å². The van der Waals surface area contributed by atoms with Gasteiger partial charge in [-0.1, -0.05) is 19.0 Å². The van der Waals surface area contributed by atoms with Crippen molar-refractivity contribution < 1.29 is 19.2 Å². The number of carboxylic acid groups (broad SMARTS) is 1. The lowest BCUT2D eigenvalue weighted by atomic mass is 9.95. The van der Waals surface area contributed by atoms with Gasteiger partial charge in [0.2, 0.25) is 11.8 Å². The van der Waals surface area contributed by atoms with E-state index in [9.17, 15) is 9.59 Å². The number of aliphatic carboxylic acids is 1. The minimum Gasteiger partial charge on any atom is -0.481 e. The van der Waals surface area contributed by atoms with Crippen LogP contribution in [-0.4, -0.2) is 27.1 Å². The van der Waals surface area contributed by atoms with Crippen LogP contribution in [0.5, 0.6) is 0 Å². The maximum atomic E-state index is 11.6. The quantitative estimate of drug-likeness (QED) is 0.770. The van der Waals surface area contributed by atoms with E-state index in [0.717, 1.165) is 0 Å². The fourth-order valence-electron chi connectivity index (χ4n) is 1.18. The number of aryl methyl sites for hydroxylation is 1. The molecule has 7 heteroatoms. The first-order valence-electron chi connectivity index (χ1n) is 5.21. The highest BCUT2D eigenvalue weighted by molar-refractivity contribution is 5.84. The number of hydrogen-bond donors (Lipinski definition) is 2. The van der Waals surface area contributed by atoms with Crippen LogP contribution in [0.1, 0.15) is 25.6 Å². The Balaban J connectivity index is 2.47. The van der Waals surface area contributed by atoms with Gasteiger partial charge in [-0.25, -0.2) is 0 Å². The van der Waals surface area contributed by atoms with Crippen LogP contribution in [0.3, 0.4) is 0 Å². The number of aromatic nitrogens is 2. The summed E-state index contributed by atoms with van der Waals surface area (Å²) in [5, 5.41) is 14.9. The van der Waals surface area contributed by atoms with Crippen LogP contribution in [0.2, 0.25) is 0 Å². The van der Waals surface area contributed by atoms with Crippen LogP contribution < -0.4 is 5.32 Å². The molecule has 7 nitrogen and oxygen atoms in total. The third-order valence-electron chi connectivity index (χ3n) is 2.54. The lowest BCUT2D eigenvalue weighted by Gasteiger charge is -2.14. The number of hydrogen-bond acceptors (Lipinski definition) is 5. The van der Waals surface area contributed by atoms with Crippen LogP contribution >= 0.6 is 0 Å². The molecule has 0 bridgehead atoms. The number of nitrogens with zero attached hydrogens (tertiary/aromatic N) is 2. The van der Waals surface area contributed by atoms with E-state index in [1.165, 1.54) is 6.92 Å². The molecule has 1 aromatic heterocycles. The van der Waals surface area contributed by atoms with Gasteiger partial charge in [0.25, 0.3) is 0 Å². The summed E-state index contributed by atoms with van der Waals surface area (Å²) in [6.07, 6.45) is 0. The molecular weight excluding hydrogens is 226 g/mol. The molecule has 1 amide bonds. The van der Waals surface area contributed by atoms with Gasteiger partial charge >= 0.3 is 5.97 Å². The second-order valence-electron chi connectivity index (χ2n) is 3.87. The van der Waals surface area contributed by atoms with Gasteiger partial charge in [0.1, 0.15) is 0 Å². The molecule has 0 fully saturated rings. The Bertz CT molecular complexity index is 415. The third-order valence-corrected chi connectivity index (χ3v) is 2.54. The fourth-order valence-corrected chi connectivity index (χ4v) is 1.18. The van der Waals surface area contributed by atoms with Gasteiger partial charge in [-0.2, -0.15) is 4.98 Å². The predicted octanol–water partition coefficient (Wildman–Crippen LogP) is 0.351. The van der Waals surface area contributed by atoms with Crippen molar-refractivity contribution >= 4 is 11.9 Å². The molecule has 0 radical (unpaired) electrons. The van der Waals surface area contributed by atoms with E-state index >= 15 is 0 Å². The standard InChI is InChI=1S/C10H15N3O4/c1-5(6(2)10(15)16)9(14)11-4-8-12-7(3)13-17-8/h5-6H,4H2,1-3H3,(H,11,14)(H,15,16). The summed E-state index contributed by atoms with van der Waals surface area (Å²) < 4.78 is 4.81. The molecule has 0 aliphatic heterocycles. The van der Waals surface area contributed by atoms with Crippen LogP contribution in [0.15, 0.2) is 4.52 Å². The van der Waals surface area contributed by atoms with E-state index in [1.807, 2.05) is 0 Å². The zero-order valence-electron chi connectivity index (χ0n) is 9.93. The van der Waals surface area contributed by atoms with Gasteiger partial charge < -0.3 is 14.9 Å². The molecule has 2 unspecified atom stereocenters. The number of amides is 1.